The Bertz CT molecular complexity index is 540. The van der Waals surface area contributed by atoms with Gasteiger partial charge in [-0.1, -0.05) is 25.0 Å². The summed E-state index contributed by atoms with van der Waals surface area (Å²) >= 11 is 0. The molecular formula is C14H16FN3O. The van der Waals surface area contributed by atoms with Crippen molar-refractivity contribution in [1.29, 1.82) is 0 Å². The molecule has 0 saturated heterocycles. The first-order valence-electron chi connectivity index (χ1n) is 6.53. The molecule has 4 nitrogen and oxygen atoms in total. The van der Waals surface area contributed by atoms with Crippen molar-refractivity contribution in [3.63, 3.8) is 0 Å². The van der Waals surface area contributed by atoms with Gasteiger partial charge in [-0.2, -0.15) is 5.10 Å². The number of halogens is 1. The lowest BCUT2D eigenvalue weighted by Crippen LogP contribution is -2.39. The fraction of sp³-hybridized carbons (Fsp3) is 0.429. The standard InChI is InChI=1S/C14H16FN3O/c15-12-6-4-11(5-7-12)14(19)8-2-1-3-13(14)18-10-16-9-17-18/h4-7,9-10,13,19H,1-3,8H2. The second-order valence-electron chi connectivity index (χ2n) is 5.07. The van der Waals surface area contributed by atoms with Crippen LogP contribution in [0.2, 0.25) is 0 Å². The van der Waals surface area contributed by atoms with Gasteiger partial charge in [0.15, 0.2) is 0 Å². The molecule has 0 bridgehead atoms. The van der Waals surface area contributed by atoms with E-state index in [4.69, 9.17) is 0 Å². The summed E-state index contributed by atoms with van der Waals surface area (Å²) in [7, 11) is 0. The first kappa shape index (κ1) is 12.3. The fourth-order valence-corrected chi connectivity index (χ4v) is 2.94. The third-order valence-electron chi connectivity index (χ3n) is 3.94. The highest BCUT2D eigenvalue weighted by Gasteiger charge is 2.42. The third-order valence-corrected chi connectivity index (χ3v) is 3.94. The molecule has 1 N–H and O–H groups in total. The van der Waals surface area contributed by atoms with Gasteiger partial charge in [0, 0.05) is 0 Å². The molecule has 0 spiro atoms. The van der Waals surface area contributed by atoms with E-state index in [1.165, 1.54) is 18.5 Å². The average molecular weight is 261 g/mol. The van der Waals surface area contributed by atoms with Crippen molar-refractivity contribution in [3.05, 3.63) is 48.3 Å². The minimum absolute atomic E-state index is 0.144. The first-order chi connectivity index (χ1) is 9.20. The van der Waals surface area contributed by atoms with Crippen LogP contribution in [-0.4, -0.2) is 19.9 Å². The fourth-order valence-electron chi connectivity index (χ4n) is 2.94. The van der Waals surface area contributed by atoms with E-state index in [9.17, 15) is 9.50 Å². The number of benzene rings is 1. The summed E-state index contributed by atoms with van der Waals surface area (Å²) in [6.07, 6.45) is 6.61. The van der Waals surface area contributed by atoms with Crippen molar-refractivity contribution in [1.82, 2.24) is 14.8 Å². The molecule has 2 aromatic rings. The van der Waals surface area contributed by atoms with Gasteiger partial charge in [0.25, 0.3) is 0 Å². The molecule has 100 valence electrons. The SMILES string of the molecule is OC1(c2ccc(F)cc2)CCCCC1n1cncn1. The number of hydrogen-bond acceptors (Lipinski definition) is 3. The van der Waals surface area contributed by atoms with Gasteiger partial charge in [-0.15, -0.1) is 0 Å². The first-order valence-corrected chi connectivity index (χ1v) is 6.53. The van der Waals surface area contributed by atoms with E-state index in [0.717, 1.165) is 24.8 Å². The summed E-state index contributed by atoms with van der Waals surface area (Å²) in [5.41, 5.74) is -0.256. The highest BCUT2D eigenvalue weighted by atomic mass is 19.1. The summed E-state index contributed by atoms with van der Waals surface area (Å²) < 4.78 is 14.8. The number of rotatable bonds is 2. The lowest BCUT2D eigenvalue weighted by atomic mass is 9.76. The van der Waals surface area contributed by atoms with Crippen LogP contribution in [0.5, 0.6) is 0 Å². The lowest BCUT2D eigenvalue weighted by Gasteiger charge is -2.40. The molecule has 5 heteroatoms. The molecule has 1 aliphatic carbocycles. The largest absolute Gasteiger partial charge is 0.383 e. The van der Waals surface area contributed by atoms with E-state index in [1.807, 2.05) is 0 Å². The van der Waals surface area contributed by atoms with Crippen LogP contribution in [0.25, 0.3) is 0 Å². The Kier molecular flexibility index (Phi) is 3.06. The van der Waals surface area contributed by atoms with Crippen molar-refractivity contribution < 1.29 is 9.50 Å². The molecule has 3 rings (SSSR count). The van der Waals surface area contributed by atoms with Crippen molar-refractivity contribution >= 4 is 0 Å². The summed E-state index contributed by atoms with van der Waals surface area (Å²) in [5, 5.41) is 15.2. The average Bonchev–Trinajstić information content (AvgIpc) is 2.93. The zero-order valence-electron chi connectivity index (χ0n) is 10.5. The van der Waals surface area contributed by atoms with Gasteiger partial charge in [-0.3, -0.25) is 0 Å². The van der Waals surface area contributed by atoms with Crippen LogP contribution in [0, 0.1) is 5.82 Å². The van der Waals surface area contributed by atoms with Crippen LogP contribution in [-0.2, 0) is 5.60 Å². The Morgan fingerprint density at radius 1 is 1.26 bits per heavy atom. The Labute approximate surface area is 110 Å². The van der Waals surface area contributed by atoms with Crippen molar-refractivity contribution in [2.75, 3.05) is 0 Å². The molecule has 1 saturated carbocycles. The van der Waals surface area contributed by atoms with E-state index < -0.39 is 5.60 Å². The van der Waals surface area contributed by atoms with Crippen LogP contribution in [0.3, 0.4) is 0 Å². The summed E-state index contributed by atoms with van der Waals surface area (Å²) in [5.74, 6) is -0.291. The van der Waals surface area contributed by atoms with Gasteiger partial charge in [-0.05, 0) is 30.5 Å². The van der Waals surface area contributed by atoms with Crippen molar-refractivity contribution in [3.8, 4) is 0 Å². The maximum Gasteiger partial charge on any atom is 0.137 e. The molecule has 0 amide bonds. The van der Waals surface area contributed by atoms with Crippen LogP contribution >= 0.6 is 0 Å². The molecule has 1 aromatic heterocycles. The molecule has 1 fully saturated rings. The second-order valence-corrected chi connectivity index (χ2v) is 5.07. The monoisotopic (exact) mass is 261 g/mol. The van der Waals surface area contributed by atoms with E-state index >= 15 is 0 Å². The maximum absolute atomic E-state index is 13.0. The van der Waals surface area contributed by atoms with E-state index in [-0.39, 0.29) is 11.9 Å². The molecular weight excluding hydrogens is 245 g/mol. The minimum Gasteiger partial charge on any atom is -0.383 e. The van der Waals surface area contributed by atoms with Gasteiger partial charge in [0.1, 0.15) is 24.1 Å². The van der Waals surface area contributed by atoms with Crippen LogP contribution in [0.1, 0.15) is 37.3 Å². The smallest absolute Gasteiger partial charge is 0.137 e. The molecule has 1 aromatic carbocycles. The number of nitrogens with zero attached hydrogens (tertiary/aromatic N) is 3. The highest BCUT2D eigenvalue weighted by Crippen LogP contribution is 2.44. The zero-order chi connectivity index (χ0) is 13.3. The van der Waals surface area contributed by atoms with E-state index in [2.05, 4.69) is 10.1 Å². The Balaban J connectivity index is 2.00. The topological polar surface area (TPSA) is 50.9 Å². The molecule has 19 heavy (non-hydrogen) atoms. The Morgan fingerprint density at radius 3 is 2.74 bits per heavy atom. The molecule has 1 heterocycles. The molecule has 2 unspecified atom stereocenters. The van der Waals surface area contributed by atoms with Crippen molar-refractivity contribution in [2.45, 2.75) is 37.3 Å². The summed E-state index contributed by atoms with van der Waals surface area (Å²) in [4.78, 5) is 3.95. The minimum atomic E-state index is -1.00. The Morgan fingerprint density at radius 2 is 2.05 bits per heavy atom. The summed E-state index contributed by atoms with van der Waals surface area (Å²) in [6.45, 7) is 0. The predicted molar refractivity (Wildman–Crippen MR) is 67.8 cm³/mol. The zero-order valence-corrected chi connectivity index (χ0v) is 10.5. The lowest BCUT2D eigenvalue weighted by molar-refractivity contribution is -0.0517. The number of aliphatic hydroxyl groups is 1. The van der Waals surface area contributed by atoms with Crippen LogP contribution in [0.4, 0.5) is 4.39 Å². The maximum atomic E-state index is 13.0. The van der Waals surface area contributed by atoms with E-state index in [1.54, 1.807) is 23.1 Å². The van der Waals surface area contributed by atoms with Gasteiger partial charge in [0.05, 0.1) is 6.04 Å². The summed E-state index contributed by atoms with van der Waals surface area (Å²) in [6, 6.07) is 5.95. The highest BCUT2D eigenvalue weighted by molar-refractivity contribution is 5.25. The molecule has 0 aliphatic heterocycles. The Hall–Kier alpha value is -1.75. The quantitative estimate of drug-likeness (QED) is 0.903. The van der Waals surface area contributed by atoms with Gasteiger partial charge in [-0.25, -0.2) is 14.1 Å². The van der Waals surface area contributed by atoms with E-state index in [0.29, 0.717) is 6.42 Å². The molecule has 2 atom stereocenters. The molecule has 1 aliphatic rings. The second kappa shape index (κ2) is 4.74. The molecule has 0 radical (unpaired) electrons. The van der Waals surface area contributed by atoms with Gasteiger partial charge < -0.3 is 5.11 Å². The third kappa shape index (κ3) is 2.14. The predicted octanol–water partition coefficient (Wildman–Crippen LogP) is 2.42. The van der Waals surface area contributed by atoms with Crippen LogP contribution < -0.4 is 0 Å². The number of aromatic nitrogens is 3. The van der Waals surface area contributed by atoms with Crippen LogP contribution in [0.15, 0.2) is 36.9 Å². The van der Waals surface area contributed by atoms with Gasteiger partial charge in [0.2, 0.25) is 0 Å². The van der Waals surface area contributed by atoms with Gasteiger partial charge >= 0.3 is 0 Å². The normalized spacial score (nSPS) is 27.4. The van der Waals surface area contributed by atoms with Crippen molar-refractivity contribution in [2.24, 2.45) is 0 Å². The number of hydrogen-bond donors (Lipinski definition) is 1.